The Balaban J connectivity index is 0.00000261. The third-order valence-electron chi connectivity index (χ3n) is 4.86. The van der Waals surface area contributed by atoms with Crippen molar-refractivity contribution in [3.63, 3.8) is 0 Å². The molecule has 1 spiro atoms. The molecule has 2 fully saturated rings. The van der Waals surface area contributed by atoms with Crippen LogP contribution < -0.4 is 10.1 Å². The lowest BCUT2D eigenvalue weighted by Crippen LogP contribution is -2.41. The summed E-state index contributed by atoms with van der Waals surface area (Å²) in [6.07, 6.45) is -2.62. The Morgan fingerprint density at radius 1 is 1.33 bits per heavy atom. The predicted octanol–water partition coefficient (Wildman–Crippen LogP) is 3.78. The topological polar surface area (TPSA) is 46.1 Å². The molecule has 1 atom stereocenters. The minimum atomic E-state index is -4.71. The van der Waals surface area contributed by atoms with Gasteiger partial charge < -0.3 is 19.7 Å². The number of guanidine groups is 1. The zero-order chi connectivity index (χ0) is 18.6. The highest BCUT2D eigenvalue weighted by molar-refractivity contribution is 14.0. The fourth-order valence-electron chi connectivity index (χ4n) is 3.53. The molecule has 3 rings (SSSR count). The van der Waals surface area contributed by atoms with Gasteiger partial charge in [-0.1, -0.05) is 18.2 Å². The molecule has 0 amide bonds. The average Bonchev–Trinajstić information content (AvgIpc) is 3.22. The quantitative estimate of drug-likeness (QED) is 0.389. The van der Waals surface area contributed by atoms with Gasteiger partial charge >= 0.3 is 6.36 Å². The second kappa shape index (κ2) is 9.31. The lowest BCUT2D eigenvalue weighted by atomic mass is 9.87. The molecular formula is C18H25F3IN3O2. The van der Waals surface area contributed by atoms with Gasteiger partial charge in [-0.15, -0.1) is 37.1 Å². The van der Waals surface area contributed by atoms with Gasteiger partial charge in [-0.05, 0) is 25.8 Å². The molecule has 2 aliphatic heterocycles. The van der Waals surface area contributed by atoms with Crippen LogP contribution in [-0.4, -0.2) is 50.1 Å². The fourth-order valence-corrected chi connectivity index (χ4v) is 3.53. The summed E-state index contributed by atoms with van der Waals surface area (Å²) in [6.45, 7) is 6.08. The number of halogens is 4. The van der Waals surface area contributed by atoms with E-state index in [1.165, 1.54) is 12.1 Å². The van der Waals surface area contributed by atoms with Crippen molar-refractivity contribution in [2.45, 2.75) is 32.7 Å². The van der Waals surface area contributed by atoms with Gasteiger partial charge in [-0.3, -0.25) is 0 Å². The molecule has 27 heavy (non-hydrogen) atoms. The molecule has 0 aromatic heterocycles. The summed E-state index contributed by atoms with van der Waals surface area (Å²) in [5.41, 5.74) is 0.589. The van der Waals surface area contributed by atoms with Gasteiger partial charge in [0, 0.05) is 37.2 Å². The first kappa shape index (κ1) is 22.1. The Labute approximate surface area is 174 Å². The van der Waals surface area contributed by atoms with E-state index in [4.69, 9.17) is 4.74 Å². The Morgan fingerprint density at radius 3 is 2.78 bits per heavy atom. The normalized spacial score (nSPS) is 22.8. The summed E-state index contributed by atoms with van der Waals surface area (Å²) in [5, 5.41) is 3.24. The number of benzene rings is 1. The van der Waals surface area contributed by atoms with Crippen LogP contribution in [0.15, 0.2) is 29.3 Å². The highest BCUT2D eigenvalue weighted by Gasteiger charge is 2.42. The van der Waals surface area contributed by atoms with Crippen LogP contribution >= 0.6 is 24.0 Å². The zero-order valence-corrected chi connectivity index (χ0v) is 17.5. The number of aliphatic imine (C=N–C) groups is 1. The van der Waals surface area contributed by atoms with E-state index >= 15 is 0 Å². The third kappa shape index (κ3) is 5.87. The number of alkyl halides is 3. The number of hydrogen-bond donors (Lipinski definition) is 1. The van der Waals surface area contributed by atoms with Crippen LogP contribution in [0.2, 0.25) is 0 Å². The van der Waals surface area contributed by atoms with Gasteiger partial charge in [-0.25, -0.2) is 4.99 Å². The molecule has 2 aliphatic rings. The molecule has 1 N–H and O–H groups in total. The fraction of sp³-hybridized carbons (Fsp3) is 0.611. The summed E-state index contributed by atoms with van der Waals surface area (Å²) >= 11 is 0. The van der Waals surface area contributed by atoms with Crippen molar-refractivity contribution in [2.24, 2.45) is 10.4 Å². The van der Waals surface area contributed by atoms with Crippen molar-refractivity contribution in [3.05, 3.63) is 29.8 Å². The molecule has 1 unspecified atom stereocenters. The predicted molar refractivity (Wildman–Crippen MR) is 107 cm³/mol. The van der Waals surface area contributed by atoms with Crippen LogP contribution in [0.25, 0.3) is 0 Å². The highest BCUT2D eigenvalue weighted by atomic mass is 127. The maximum atomic E-state index is 12.6. The Morgan fingerprint density at radius 2 is 2.11 bits per heavy atom. The van der Waals surface area contributed by atoms with Crippen LogP contribution in [0, 0.1) is 5.41 Å². The van der Waals surface area contributed by atoms with Crippen molar-refractivity contribution in [3.8, 4) is 5.75 Å². The lowest BCUT2D eigenvalue weighted by molar-refractivity contribution is -0.274. The molecule has 2 saturated heterocycles. The Kier molecular flexibility index (Phi) is 7.61. The standard InChI is InChI=1S/C18H24F3N3O2.HI/c1-2-22-16(24-9-7-17(12-24)8-10-25-13-17)23-11-14-5-3-4-6-15(14)26-18(19,20)21;/h3-6H,2,7-13H2,1H3,(H,22,23);1H. The molecule has 0 bridgehead atoms. The van der Waals surface area contributed by atoms with Gasteiger partial charge in [-0.2, -0.15) is 0 Å². The minimum Gasteiger partial charge on any atom is -0.405 e. The molecule has 5 nitrogen and oxygen atoms in total. The summed E-state index contributed by atoms with van der Waals surface area (Å²) in [4.78, 5) is 6.73. The van der Waals surface area contributed by atoms with Crippen LogP contribution in [0.5, 0.6) is 5.75 Å². The van der Waals surface area contributed by atoms with Crippen LogP contribution in [0.4, 0.5) is 13.2 Å². The van der Waals surface area contributed by atoms with Crippen LogP contribution in [0.1, 0.15) is 25.3 Å². The van der Waals surface area contributed by atoms with Gasteiger partial charge in [0.1, 0.15) is 5.75 Å². The smallest absolute Gasteiger partial charge is 0.405 e. The van der Waals surface area contributed by atoms with Crippen molar-refractivity contribution in [1.82, 2.24) is 10.2 Å². The van der Waals surface area contributed by atoms with Gasteiger partial charge in [0.15, 0.2) is 5.96 Å². The van der Waals surface area contributed by atoms with E-state index in [9.17, 15) is 13.2 Å². The minimum absolute atomic E-state index is 0. The number of hydrogen-bond acceptors (Lipinski definition) is 3. The maximum absolute atomic E-state index is 12.6. The van der Waals surface area contributed by atoms with Gasteiger partial charge in [0.2, 0.25) is 0 Å². The first-order valence-corrected chi connectivity index (χ1v) is 8.85. The second-order valence-electron chi connectivity index (χ2n) is 6.80. The summed E-state index contributed by atoms with van der Waals surface area (Å²) in [5.74, 6) is 0.514. The zero-order valence-electron chi connectivity index (χ0n) is 15.2. The summed E-state index contributed by atoms with van der Waals surface area (Å²) < 4.78 is 47.4. The Hall–Kier alpha value is -1.23. The molecular weight excluding hydrogens is 474 g/mol. The first-order chi connectivity index (χ1) is 12.4. The van der Waals surface area contributed by atoms with E-state index in [-0.39, 0.29) is 41.7 Å². The van der Waals surface area contributed by atoms with Crippen LogP contribution in [0.3, 0.4) is 0 Å². The number of rotatable bonds is 4. The average molecular weight is 499 g/mol. The van der Waals surface area contributed by atoms with Crippen LogP contribution in [-0.2, 0) is 11.3 Å². The monoisotopic (exact) mass is 499 g/mol. The number of nitrogens with zero attached hydrogens (tertiary/aromatic N) is 2. The van der Waals surface area contributed by atoms with E-state index in [0.29, 0.717) is 12.1 Å². The number of likely N-dealkylation sites (tertiary alicyclic amines) is 1. The van der Waals surface area contributed by atoms with E-state index < -0.39 is 6.36 Å². The van der Waals surface area contributed by atoms with E-state index in [0.717, 1.165) is 45.1 Å². The van der Waals surface area contributed by atoms with Crippen molar-refractivity contribution in [1.29, 1.82) is 0 Å². The highest BCUT2D eigenvalue weighted by Crippen LogP contribution is 2.38. The van der Waals surface area contributed by atoms with E-state index in [1.54, 1.807) is 12.1 Å². The number of para-hydroxylation sites is 1. The molecule has 0 saturated carbocycles. The summed E-state index contributed by atoms with van der Waals surface area (Å²) in [6, 6.07) is 6.11. The first-order valence-electron chi connectivity index (χ1n) is 8.85. The molecule has 2 heterocycles. The summed E-state index contributed by atoms with van der Waals surface area (Å²) in [7, 11) is 0. The van der Waals surface area contributed by atoms with Crippen molar-refractivity contribution >= 4 is 29.9 Å². The number of ether oxygens (including phenoxy) is 2. The molecule has 1 aromatic carbocycles. The SMILES string of the molecule is CCNC(=NCc1ccccc1OC(F)(F)F)N1CCC2(CCOC2)C1.I. The molecule has 9 heteroatoms. The second-order valence-corrected chi connectivity index (χ2v) is 6.80. The molecule has 0 aliphatic carbocycles. The maximum Gasteiger partial charge on any atom is 0.573 e. The van der Waals surface area contributed by atoms with Crippen molar-refractivity contribution < 1.29 is 22.6 Å². The van der Waals surface area contributed by atoms with Gasteiger partial charge in [0.05, 0.1) is 13.2 Å². The molecule has 0 radical (unpaired) electrons. The number of nitrogens with one attached hydrogen (secondary N) is 1. The molecule has 152 valence electrons. The van der Waals surface area contributed by atoms with Crippen molar-refractivity contribution in [2.75, 3.05) is 32.8 Å². The van der Waals surface area contributed by atoms with E-state index in [2.05, 4.69) is 19.9 Å². The molecule has 1 aromatic rings. The Bertz CT molecular complexity index is 649. The third-order valence-corrected chi connectivity index (χ3v) is 4.86. The van der Waals surface area contributed by atoms with Gasteiger partial charge in [0.25, 0.3) is 0 Å². The lowest BCUT2D eigenvalue weighted by Gasteiger charge is -2.25. The van der Waals surface area contributed by atoms with E-state index in [1.807, 2.05) is 6.92 Å². The largest absolute Gasteiger partial charge is 0.573 e.